The van der Waals surface area contributed by atoms with Crippen LogP contribution < -0.4 is 5.32 Å². The Morgan fingerprint density at radius 2 is 1.89 bits per heavy atom. The van der Waals surface area contributed by atoms with E-state index in [1.807, 2.05) is 0 Å². The van der Waals surface area contributed by atoms with Gasteiger partial charge in [0.05, 0.1) is 11.3 Å². The minimum Gasteiger partial charge on any atom is -0.322 e. The third-order valence-electron chi connectivity index (χ3n) is 3.39. The van der Waals surface area contributed by atoms with Gasteiger partial charge < -0.3 is 5.32 Å². The fourth-order valence-corrected chi connectivity index (χ4v) is 2.17. The molecule has 6 nitrogen and oxygen atoms in total. The number of carbonyl (C=O) groups excluding carboxylic acids is 1. The highest BCUT2D eigenvalue weighted by Crippen LogP contribution is 2.31. The number of hydrogen-bond donors (Lipinski definition) is 1. The first-order valence-electron chi connectivity index (χ1n) is 7.43. The van der Waals surface area contributed by atoms with E-state index in [2.05, 4.69) is 20.7 Å². The molecule has 0 radical (unpaired) electrons. The van der Waals surface area contributed by atoms with Crippen LogP contribution in [0.5, 0.6) is 0 Å². The fraction of sp³-hybridized carbons (Fsp3) is 0.125. The van der Waals surface area contributed by atoms with Crippen molar-refractivity contribution in [1.82, 2.24) is 20.2 Å². The normalized spacial score (nSPS) is 11.4. The van der Waals surface area contributed by atoms with Crippen LogP contribution in [0.1, 0.15) is 5.56 Å². The lowest BCUT2D eigenvalue weighted by Crippen LogP contribution is -2.21. The van der Waals surface area contributed by atoms with Crippen LogP contribution >= 0.6 is 0 Å². The number of anilines is 1. The Bertz CT molecular complexity index is 985. The minimum atomic E-state index is -4.52. The topological polar surface area (TPSA) is 72.7 Å². The molecule has 0 aliphatic rings. The summed E-state index contributed by atoms with van der Waals surface area (Å²) in [7, 11) is 0. The first kappa shape index (κ1) is 18.4. The standard InChI is InChI=1S/C16H10F5N5O/c17-11-4-5-13(12(18)7-11)22-14(27)8-26-24-15(23-25-26)9-2-1-3-10(6-9)16(19,20)21/h1-7H,8H2,(H,22,27). The molecule has 3 rings (SSSR count). The minimum absolute atomic E-state index is 0.0704. The predicted molar refractivity (Wildman–Crippen MR) is 83.2 cm³/mol. The summed E-state index contributed by atoms with van der Waals surface area (Å²) >= 11 is 0. The maximum Gasteiger partial charge on any atom is 0.416 e. The van der Waals surface area contributed by atoms with Crippen LogP contribution in [0.25, 0.3) is 11.4 Å². The largest absolute Gasteiger partial charge is 0.416 e. The summed E-state index contributed by atoms with van der Waals surface area (Å²) in [5.41, 5.74) is -1.04. The zero-order valence-corrected chi connectivity index (χ0v) is 13.3. The molecule has 0 saturated heterocycles. The number of aromatic nitrogens is 4. The highest BCUT2D eigenvalue weighted by atomic mass is 19.4. The molecule has 1 aromatic heterocycles. The molecule has 27 heavy (non-hydrogen) atoms. The van der Waals surface area contributed by atoms with Gasteiger partial charge in [0.1, 0.15) is 18.2 Å². The number of amides is 1. The number of benzene rings is 2. The van der Waals surface area contributed by atoms with E-state index in [0.29, 0.717) is 6.07 Å². The van der Waals surface area contributed by atoms with Gasteiger partial charge in [-0.05, 0) is 29.5 Å². The molecule has 0 atom stereocenters. The molecule has 0 fully saturated rings. The lowest BCUT2D eigenvalue weighted by Gasteiger charge is -2.06. The van der Waals surface area contributed by atoms with Crippen molar-refractivity contribution in [1.29, 1.82) is 0 Å². The Balaban J connectivity index is 1.72. The van der Waals surface area contributed by atoms with Gasteiger partial charge in [0.2, 0.25) is 11.7 Å². The molecule has 140 valence electrons. The molecule has 2 aromatic carbocycles. The summed E-state index contributed by atoms with van der Waals surface area (Å²) in [5, 5.41) is 13.2. The van der Waals surface area contributed by atoms with Crippen molar-refractivity contribution in [3.8, 4) is 11.4 Å². The Morgan fingerprint density at radius 3 is 2.59 bits per heavy atom. The highest BCUT2D eigenvalue weighted by molar-refractivity contribution is 5.90. The van der Waals surface area contributed by atoms with Gasteiger partial charge in [-0.2, -0.15) is 18.0 Å². The van der Waals surface area contributed by atoms with Crippen molar-refractivity contribution in [3.63, 3.8) is 0 Å². The van der Waals surface area contributed by atoms with Gasteiger partial charge in [0.25, 0.3) is 0 Å². The summed E-state index contributed by atoms with van der Waals surface area (Å²) < 4.78 is 64.6. The van der Waals surface area contributed by atoms with Crippen LogP contribution in [0, 0.1) is 11.6 Å². The van der Waals surface area contributed by atoms with E-state index < -0.39 is 35.8 Å². The first-order chi connectivity index (χ1) is 12.7. The number of rotatable bonds is 4. The van der Waals surface area contributed by atoms with E-state index in [1.54, 1.807) is 0 Å². The summed E-state index contributed by atoms with van der Waals surface area (Å²) in [6.45, 7) is -0.469. The third kappa shape index (κ3) is 4.43. The van der Waals surface area contributed by atoms with Crippen molar-refractivity contribution >= 4 is 11.6 Å². The van der Waals surface area contributed by atoms with E-state index in [1.165, 1.54) is 12.1 Å². The summed E-state index contributed by atoms with van der Waals surface area (Å²) in [6, 6.07) is 6.94. The van der Waals surface area contributed by atoms with E-state index in [4.69, 9.17) is 0 Å². The molecular formula is C16H10F5N5O. The van der Waals surface area contributed by atoms with Crippen LogP contribution in [0.3, 0.4) is 0 Å². The molecule has 3 aromatic rings. The molecule has 0 unspecified atom stereocenters. The molecule has 1 N–H and O–H groups in total. The smallest absolute Gasteiger partial charge is 0.322 e. The average Bonchev–Trinajstić information content (AvgIpc) is 3.05. The lowest BCUT2D eigenvalue weighted by atomic mass is 10.1. The maximum absolute atomic E-state index is 13.5. The van der Waals surface area contributed by atoms with Crippen molar-refractivity contribution in [2.45, 2.75) is 12.7 Å². The van der Waals surface area contributed by atoms with E-state index >= 15 is 0 Å². The molecule has 0 spiro atoms. The predicted octanol–water partition coefficient (Wildman–Crippen LogP) is 3.28. The Morgan fingerprint density at radius 1 is 1.11 bits per heavy atom. The van der Waals surface area contributed by atoms with Gasteiger partial charge in [-0.25, -0.2) is 8.78 Å². The second kappa shape index (κ2) is 7.09. The van der Waals surface area contributed by atoms with Crippen molar-refractivity contribution < 1.29 is 26.7 Å². The lowest BCUT2D eigenvalue weighted by molar-refractivity contribution is -0.137. The van der Waals surface area contributed by atoms with Crippen molar-refractivity contribution in [2.75, 3.05) is 5.32 Å². The summed E-state index contributed by atoms with van der Waals surface area (Å²) in [4.78, 5) is 12.7. The fourth-order valence-electron chi connectivity index (χ4n) is 2.17. The van der Waals surface area contributed by atoms with Gasteiger partial charge in [0, 0.05) is 11.6 Å². The Kier molecular flexibility index (Phi) is 4.84. The number of tetrazole rings is 1. The Hall–Kier alpha value is -3.37. The van der Waals surface area contributed by atoms with Crippen LogP contribution in [-0.4, -0.2) is 26.1 Å². The highest BCUT2D eigenvalue weighted by Gasteiger charge is 2.30. The number of hydrogen-bond acceptors (Lipinski definition) is 4. The van der Waals surface area contributed by atoms with Gasteiger partial charge in [-0.1, -0.05) is 12.1 Å². The number of nitrogens with one attached hydrogen (secondary N) is 1. The van der Waals surface area contributed by atoms with Crippen molar-refractivity contribution in [3.05, 3.63) is 59.7 Å². The third-order valence-corrected chi connectivity index (χ3v) is 3.39. The molecule has 0 aliphatic heterocycles. The van der Waals surface area contributed by atoms with Crippen LogP contribution in [0.4, 0.5) is 27.6 Å². The summed E-state index contributed by atoms with van der Waals surface area (Å²) in [6.07, 6.45) is -4.52. The summed E-state index contributed by atoms with van der Waals surface area (Å²) in [5.74, 6) is -2.59. The molecule has 0 bridgehead atoms. The second-order valence-corrected chi connectivity index (χ2v) is 5.39. The zero-order valence-electron chi connectivity index (χ0n) is 13.3. The molecular weight excluding hydrogens is 373 g/mol. The number of halogens is 5. The van der Waals surface area contributed by atoms with Gasteiger partial charge in [-0.3, -0.25) is 4.79 Å². The van der Waals surface area contributed by atoms with Crippen LogP contribution in [0.2, 0.25) is 0 Å². The second-order valence-electron chi connectivity index (χ2n) is 5.39. The SMILES string of the molecule is O=C(Cn1nnc(-c2cccc(C(F)(F)F)c2)n1)Nc1ccc(F)cc1F. The van der Waals surface area contributed by atoms with E-state index in [-0.39, 0.29) is 17.1 Å². The van der Waals surface area contributed by atoms with Crippen molar-refractivity contribution in [2.24, 2.45) is 0 Å². The number of nitrogens with zero attached hydrogens (tertiary/aromatic N) is 4. The quantitative estimate of drug-likeness (QED) is 0.702. The van der Waals surface area contributed by atoms with E-state index in [0.717, 1.165) is 29.1 Å². The maximum atomic E-state index is 13.5. The van der Waals surface area contributed by atoms with Gasteiger partial charge >= 0.3 is 6.18 Å². The molecule has 1 heterocycles. The molecule has 0 aliphatic carbocycles. The van der Waals surface area contributed by atoms with Gasteiger partial charge in [0.15, 0.2) is 0 Å². The zero-order chi connectivity index (χ0) is 19.6. The monoisotopic (exact) mass is 383 g/mol. The Labute approximate surface area is 148 Å². The molecule has 1 amide bonds. The number of alkyl halides is 3. The molecule has 0 saturated carbocycles. The van der Waals surface area contributed by atoms with E-state index in [9.17, 15) is 26.7 Å². The van der Waals surface area contributed by atoms with Crippen LogP contribution in [0.15, 0.2) is 42.5 Å². The van der Waals surface area contributed by atoms with Gasteiger partial charge in [-0.15, -0.1) is 10.2 Å². The first-order valence-corrected chi connectivity index (χ1v) is 7.43. The number of carbonyl (C=O) groups is 1. The average molecular weight is 383 g/mol. The van der Waals surface area contributed by atoms with Crippen LogP contribution in [-0.2, 0) is 17.5 Å². The molecule has 11 heteroatoms.